The molecule has 0 N–H and O–H groups in total. The molecule has 0 bridgehead atoms. The summed E-state index contributed by atoms with van der Waals surface area (Å²) in [6.07, 6.45) is -3.49. The van der Waals surface area contributed by atoms with E-state index >= 15 is 0 Å². The third-order valence-electron chi connectivity index (χ3n) is 2.23. The minimum absolute atomic E-state index is 0.0361. The number of carbonyl (C=O) groups is 1. The summed E-state index contributed by atoms with van der Waals surface area (Å²) in [4.78, 5) is 14.2. The summed E-state index contributed by atoms with van der Waals surface area (Å²) in [5.74, 6) is -1.44. The van der Waals surface area contributed by atoms with Gasteiger partial charge in [0.15, 0.2) is 0 Å². The number of nitrogens with zero attached hydrogens (tertiary/aromatic N) is 1. The second-order valence-electron chi connectivity index (χ2n) is 3.51. The number of hydrogen-bond donors (Lipinski definition) is 0. The number of hydrogen-bond acceptors (Lipinski definition) is 4. The van der Waals surface area contributed by atoms with Gasteiger partial charge in [-0.25, -0.2) is 4.98 Å². The van der Waals surface area contributed by atoms with Gasteiger partial charge in [-0.15, -0.1) is 11.3 Å². The number of rotatable bonds is 2. The molecule has 0 aliphatic heterocycles. The lowest BCUT2D eigenvalue weighted by atomic mass is 10.1. The molecule has 2 rings (SSSR count). The van der Waals surface area contributed by atoms with Gasteiger partial charge in [-0.2, -0.15) is 13.2 Å². The Morgan fingerprint density at radius 1 is 1.37 bits per heavy atom. The summed E-state index contributed by atoms with van der Waals surface area (Å²) in [7, 11) is 0. The second-order valence-corrected chi connectivity index (χ2v) is 4.95. The first kappa shape index (κ1) is 13.8. The van der Waals surface area contributed by atoms with Crippen molar-refractivity contribution in [2.24, 2.45) is 0 Å². The third kappa shape index (κ3) is 2.87. The first-order valence-electron chi connectivity index (χ1n) is 4.83. The van der Waals surface area contributed by atoms with E-state index in [0.29, 0.717) is 11.3 Å². The Morgan fingerprint density at radius 2 is 2.05 bits per heavy atom. The van der Waals surface area contributed by atoms with Crippen molar-refractivity contribution in [3.05, 3.63) is 39.9 Å². The van der Waals surface area contributed by atoms with Gasteiger partial charge in [0.25, 0.3) is 0 Å². The van der Waals surface area contributed by atoms with Crippen molar-refractivity contribution in [3.63, 3.8) is 0 Å². The normalized spacial score (nSPS) is 11.6. The van der Waals surface area contributed by atoms with Crippen LogP contribution in [0.3, 0.4) is 0 Å². The highest BCUT2D eigenvalue weighted by Crippen LogP contribution is 2.37. The highest BCUT2D eigenvalue weighted by molar-refractivity contribution is 7.16. The molecule has 0 saturated carbocycles. The summed E-state index contributed by atoms with van der Waals surface area (Å²) >= 11 is 6.51. The quantitative estimate of drug-likeness (QED) is 0.857. The molecule has 2 aromatic rings. The number of aromatic nitrogens is 1. The lowest BCUT2D eigenvalue weighted by molar-refractivity contribution is -0.254. The van der Waals surface area contributed by atoms with Gasteiger partial charge in [0.1, 0.15) is 5.01 Å². The molecule has 0 saturated heterocycles. The minimum atomic E-state index is -4.51. The van der Waals surface area contributed by atoms with Crippen molar-refractivity contribution in [1.82, 2.24) is 4.98 Å². The Kier molecular flexibility index (Phi) is 3.51. The summed E-state index contributed by atoms with van der Waals surface area (Å²) in [5, 5.41) is 10.8. The molecule has 19 heavy (non-hydrogen) atoms. The molecule has 0 atom stereocenters. The molecule has 0 amide bonds. The molecule has 0 fully saturated rings. The topological polar surface area (TPSA) is 53.0 Å². The third-order valence-corrected chi connectivity index (χ3v) is 3.57. The van der Waals surface area contributed by atoms with E-state index in [1.807, 2.05) is 0 Å². The maximum atomic E-state index is 12.6. The summed E-state index contributed by atoms with van der Waals surface area (Å²) < 4.78 is 37.8. The number of carbonyl (C=O) groups excluding carboxylic acids is 1. The van der Waals surface area contributed by atoms with Gasteiger partial charge in [-0.1, -0.05) is 11.6 Å². The maximum Gasteiger partial charge on any atom is 0.416 e. The van der Waals surface area contributed by atoms with E-state index in [2.05, 4.69) is 4.98 Å². The van der Waals surface area contributed by atoms with Gasteiger partial charge in [0, 0.05) is 11.8 Å². The Balaban J connectivity index is 2.51. The average molecular weight is 307 g/mol. The largest absolute Gasteiger partial charge is 0.544 e. The van der Waals surface area contributed by atoms with Crippen LogP contribution in [-0.2, 0) is 6.18 Å². The first-order chi connectivity index (χ1) is 8.79. The second kappa shape index (κ2) is 4.82. The number of alkyl halides is 3. The first-order valence-corrected chi connectivity index (χ1v) is 6.03. The zero-order valence-corrected chi connectivity index (χ0v) is 10.6. The molecule has 0 aliphatic rings. The number of carboxylic acids is 1. The van der Waals surface area contributed by atoms with E-state index in [4.69, 9.17) is 11.6 Å². The van der Waals surface area contributed by atoms with Gasteiger partial charge in [-0.05, 0) is 18.2 Å². The average Bonchev–Trinajstić information content (AvgIpc) is 2.77. The van der Waals surface area contributed by atoms with E-state index in [1.165, 1.54) is 0 Å². The molecular formula is C11H4ClF3NO2S-. The van der Waals surface area contributed by atoms with Gasteiger partial charge >= 0.3 is 6.18 Å². The molecule has 0 spiro atoms. The van der Waals surface area contributed by atoms with Crippen molar-refractivity contribution in [3.8, 4) is 10.6 Å². The van der Waals surface area contributed by atoms with Gasteiger partial charge < -0.3 is 9.90 Å². The van der Waals surface area contributed by atoms with E-state index in [9.17, 15) is 23.1 Å². The maximum absolute atomic E-state index is 12.6. The van der Waals surface area contributed by atoms with Crippen LogP contribution < -0.4 is 5.11 Å². The Labute approximate surface area is 114 Å². The van der Waals surface area contributed by atoms with E-state index < -0.39 is 17.7 Å². The molecule has 0 unspecified atom stereocenters. The smallest absolute Gasteiger partial charge is 0.416 e. The molecule has 1 heterocycles. The fourth-order valence-corrected chi connectivity index (χ4v) is 2.40. The van der Waals surface area contributed by atoms with Crippen LogP contribution in [0.1, 0.15) is 15.2 Å². The predicted molar refractivity (Wildman–Crippen MR) is 61.9 cm³/mol. The van der Waals surface area contributed by atoms with Crippen LogP contribution in [0.2, 0.25) is 5.02 Å². The van der Waals surface area contributed by atoms with Crippen LogP contribution >= 0.6 is 22.9 Å². The fraction of sp³-hybridized carbons (Fsp3) is 0.0909. The minimum Gasteiger partial charge on any atom is -0.544 e. The Hall–Kier alpha value is -1.60. The van der Waals surface area contributed by atoms with Crippen molar-refractivity contribution in [2.75, 3.05) is 0 Å². The number of benzene rings is 1. The van der Waals surface area contributed by atoms with Crippen LogP contribution in [-0.4, -0.2) is 11.0 Å². The number of aromatic carboxylic acids is 1. The Morgan fingerprint density at radius 3 is 2.58 bits per heavy atom. The van der Waals surface area contributed by atoms with Crippen LogP contribution in [0.15, 0.2) is 24.4 Å². The van der Waals surface area contributed by atoms with Crippen molar-refractivity contribution in [1.29, 1.82) is 0 Å². The Bertz CT molecular complexity index is 639. The molecule has 1 aromatic heterocycles. The highest BCUT2D eigenvalue weighted by Gasteiger charge is 2.31. The zero-order chi connectivity index (χ0) is 14.2. The van der Waals surface area contributed by atoms with Gasteiger partial charge in [0.2, 0.25) is 0 Å². The van der Waals surface area contributed by atoms with Gasteiger partial charge in [0.05, 0.1) is 21.4 Å². The molecule has 8 heteroatoms. The lowest BCUT2D eigenvalue weighted by Crippen LogP contribution is -2.20. The van der Waals surface area contributed by atoms with E-state index in [1.54, 1.807) is 0 Å². The van der Waals surface area contributed by atoms with E-state index in [-0.39, 0.29) is 20.5 Å². The summed E-state index contributed by atoms with van der Waals surface area (Å²) in [6, 6.07) is 2.78. The molecule has 3 nitrogen and oxygen atoms in total. The molecule has 100 valence electrons. The lowest BCUT2D eigenvalue weighted by Gasteiger charge is -2.08. The molecular weight excluding hydrogens is 303 g/mol. The number of halogens is 4. The fourth-order valence-electron chi connectivity index (χ4n) is 1.36. The molecule has 0 radical (unpaired) electrons. The number of carboxylic acid groups (broad SMARTS) is 1. The summed E-state index contributed by atoms with van der Waals surface area (Å²) in [5.41, 5.74) is -0.842. The van der Waals surface area contributed by atoms with Crippen LogP contribution in [0.5, 0.6) is 0 Å². The van der Waals surface area contributed by atoms with Crippen molar-refractivity contribution in [2.45, 2.75) is 6.18 Å². The molecule has 1 aromatic carbocycles. The molecule has 0 aliphatic carbocycles. The van der Waals surface area contributed by atoms with Crippen LogP contribution in [0, 0.1) is 0 Å². The van der Waals surface area contributed by atoms with Crippen molar-refractivity contribution >= 4 is 28.9 Å². The monoisotopic (exact) mass is 306 g/mol. The van der Waals surface area contributed by atoms with Crippen LogP contribution in [0.25, 0.3) is 10.6 Å². The van der Waals surface area contributed by atoms with Crippen molar-refractivity contribution < 1.29 is 23.1 Å². The predicted octanol–water partition coefficient (Wildman–Crippen LogP) is 2.85. The highest BCUT2D eigenvalue weighted by atomic mass is 35.5. The van der Waals surface area contributed by atoms with E-state index in [0.717, 1.165) is 24.4 Å². The van der Waals surface area contributed by atoms with Crippen LogP contribution in [0.4, 0.5) is 13.2 Å². The standard InChI is InChI=1S/C11H5ClF3NO2S/c12-7-2-1-5(11(13,14)15)3-6(7)9-16-4-8(19-9)10(17)18/h1-4H,(H,17,18)/p-1. The zero-order valence-electron chi connectivity index (χ0n) is 8.99. The summed E-state index contributed by atoms with van der Waals surface area (Å²) in [6.45, 7) is 0. The van der Waals surface area contributed by atoms with Gasteiger partial charge in [-0.3, -0.25) is 0 Å². The SMILES string of the molecule is O=C([O-])c1cnc(-c2cc(C(F)(F)F)ccc2Cl)s1. The number of thiazole rings is 1.